The Morgan fingerprint density at radius 1 is 0.543 bits per heavy atom. The Bertz CT molecular complexity index is 2130. The second-order valence-electron chi connectivity index (χ2n) is 12.3. The molecule has 1 atom stereocenters. The predicted molar refractivity (Wildman–Crippen MR) is 194 cm³/mol. The molecule has 1 unspecified atom stereocenters. The van der Waals surface area contributed by atoms with Gasteiger partial charge in [0.1, 0.15) is 0 Å². The van der Waals surface area contributed by atoms with Gasteiger partial charge in [-0.3, -0.25) is 0 Å². The fourth-order valence-electron chi connectivity index (χ4n) is 7.20. The van der Waals surface area contributed by atoms with Crippen LogP contribution >= 0.6 is 0 Å². The van der Waals surface area contributed by atoms with Crippen LogP contribution in [0.15, 0.2) is 169 Å². The SMILES string of the molecule is C1=CC(N(C2=CCC(c3ccc(N(c4ccccc4)c4cccc5ccccc45)cc3)C=C2)C2=c3ccccc3=CCC2)=CCC1. The third-order valence-corrected chi connectivity index (χ3v) is 9.46. The topological polar surface area (TPSA) is 6.48 Å². The van der Waals surface area contributed by atoms with E-state index < -0.39 is 0 Å². The molecule has 3 aliphatic carbocycles. The minimum Gasteiger partial charge on any atom is -0.314 e. The third kappa shape index (κ3) is 5.41. The van der Waals surface area contributed by atoms with Gasteiger partial charge in [0.25, 0.3) is 0 Å². The number of anilines is 3. The van der Waals surface area contributed by atoms with Crippen LogP contribution < -0.4 is 15.3 Å². The maximum atomic E-state index is 2.53. The summed E-state index contributed by atoms with van der Waals surface area (Å²) in [4.78, 5) is 4.90. The predicted octanol–water partition coefficient (Wildman–Crippen LogP) is 10.2. The fraction of sp³-hybridized carbons (Fsp3) is 0.136. The zero-order chi connectivity index (χ0) is 30.7. The first-order chi connectivity index (χ1) is 22.8. The quantitative estimate of drug-likeness (QED) is 0.185. The van der Waals surface area contributed by atoms with Crippen molar-refractivity contribution < 1.29 is 0 Å². The van der Waals surface area contributed by atoms with Gasteiger partial charge in [0, 0.05) is 45.0 Å². The fourth-order valence-corrected chi connectivity index (χ4v) is 7.20. The second-order valence-corrected chi connectivity index (χ2v) is 12.3. The molecule has 8 rings (SSSR count). The van der Waals surface area contributed by atoms with Gasteiger partial charge in [0.15, 0.2) is 0 Å². The number of nitrogens with zero attached hydrogens (tertiary/aromatic N) is 2. The van der Waals surface area contributed by atoms with E-state index in [1.807, 2.05) is 0 Å². The summed E-state index contributed by atoms with van der Waals surface area (Å²) in [5, 5.41) is 5.19. The molecule has 0 fully saturated rings. The summed E-state index contributed by atoms with van der Waals surface area (Å²) < 4.78 is 0. The highest BCUT2D eigenvalue weighted by Crippen LogP contribution is 2.40. The summed E-state index contributed by atoms with van der Waals surface area (Å²) in [7, 11) is 0. The third-order valence-electron chi connectivity index (χ3n) is 9.46. The van der Waals surface area contributed by atoms with Crippen LogP contribution in [-0.4, -0.2) is 4.90 Å². The number of para-hydroxylation sites is 1. The normalized spacial score (nSPS) is 17.1. The van der Waals surface area contributed by atoms with Crippen LogP contribution in [0.5, 0.6) is 0 Å². The van der Waals surface area contributed by atoms with Crippen molar-refractivity contribution in [1.29, 1.82) is 0 Å². The summed E-state index contributed by atoms with van der Waals surface area (Å²) in [6.07, 6.45) is 21.9. The molecule has 0 aliphatic heterocycles. The molecule has 46 heavy (non-hydrogen) atoms. The van der Waals surface area contributed by atoms with Crippen molar-refractivity contribution in [2.75, 3.05) is 4.90 Å². The van der Waals surface area contributed by atoms with Crippen LogP contribution in [0.2, 0.25) is 0 Å². The Labute approximate surface area is 271 Å². The average Bonchev–Trinajstić information content (AvgIpc) is 3.14. The summed E-state index contributed by atoms with van der Waals surface area (Å²) in [5.41, 5.74) is 8.83. The average molecular weight is 595 g/mol. The Hall–Kier alpha value is -5.34. The summed E-state index contributed by atoms with van der Waals surface area (Å²) in [6.45, 7) is 0. The highest BCUT2D eigenvalue weighted by molar-refractivity contribution is 5.98. The van der Waals surface area contributed by atoms with E-state index >= 15 is 0 Å². The van der Waals surface area contributed by atoms with Crippen LogP contribution in [0.25, 0.3) is 22.5 Å². The molecule has 2 heteroatoms. The number of hydrogen-bond donors (Lipinski definition) is 0. The van der Waals surface area contributed by atoms with E-state index in [4.69, 9.17) is 0 Å². The molecule has 0 saturated heterocycles. The molecule has 0 radical (unpaired) electrons. The molecule has 0 saturated carbocycles. The van der Waals surface area contributed by atoms with Crippen LogP contribution in [0.4, 0.5) is 17.1 Å². The highest BCUT2D eigenvalue weighted by atomic mass is 15.2. The Morgan fingerprint density at radius 2 is 1.30 bits per heavy atom. The number of benzene rings is 5. The van der Waals surface area contributed by atoms with Gasteiger partial charge in [-0.05, 0) is 90.8 Å². The summed E-state index contributed by atoms with van der Waals surface area (Å²) >= 11 is 0. The van der Waals surface area contributed by atoms with E-state index in [9.17, 15) is 0 Å². The molecule has 0 N–H and O–H groups in total. The van der Waals surface area contributed by atoms with Crippen LogP contribution in [-0.2, 0) is 0 Å². The Balaban J connectivity index is 1.11. The first kappa shape index (κ1) is 28.2. The molecule has 5 aromatic rings. The van der Waals surface area contributed by atoms with Gasteiger partial charge in [-0.15, -0.1) is 0 Å². The minimum absolute atomic E-state index is 0.343. The maximum absolute atomic E-state index is 2.53. The molecule has 0 heterocycles. The van der Waals surface area contributed by atoms with Crippen molar-refractivity contribution in [2.24, 2.45) is 0 Å². The molecular formula is C44H38N2. The number of hydrogen-bond acceptors (Lipinski definition) is 2. The second kappa shape index (κ2) is 12.6. The smallest absolute Gasteiger partial charge is 0.0540 e. The van der Waals surface area contributed by atoms with Gasteiger partial charge in [-0.2, -0.15) is 0 Å². The van der Waals surface area contributed by atoms with Gasteiger partial charge in [-0.25, -0.2) is 0 Å². The van der Waals surface area contributed by atoms with Crippen LogP contribution in [0, 0.1) is 0 Å². The van der Waals surface area contributed by atoms with Crippen molar-refractivity contribution in [2.45, 2.75) is 38.0 Å². The van der Waals surface area contributed by atoms with E-state index in [0.29, 0.717) is 5.92 Å². The maximum Gasteiger partial charge on any atom is 0.0540 e. The van der Waals surface area contributed by atoms with E-state index in [2.05, 4.69) is 174 Å². The van der Waals surface area contributed by atoms with Crippen molar-refractivity contribution in [3.63, 3.8) is 0 Å². The van der Waals surface area contributed by atoms with Gasteiger partial charge in [0.2, 0.25) is 0 Å². The number of fused-ring (bicyclic) bond motifs is 2. The molecule has 0 bridgehead atoms. The zero-order valence-corrected chi connectivity index (χ0v) is 26.1. The zero-order valence-electron chi connectivity index (χ0n) is 26.1. The van der Waals surface area contributed by atoms with Crippen molar-refractivity contribution in [3.8, 4) is 0 Å². The van der Waals surface area contributed by atoms with E-state index in [1.54, 1.807) is 0 Å². The van der Waals surface area contributed by atoms with Crippen molar-refractivity contribution in [3.05, 3.63) is 185 Å². The van der Waals surface area contributed by atoms with Gasteiger partial charge >= 0.3 is 0 Å². The Kier molecular flexibility index (Phi) is 7.70. The van der Waals surface area contributed by atoms with Gasteiger partial charge in [0.05, 0.1) is 5.69 Å². The monoisotopic (exact) mass is 594 g/mol. The summed E-state index contributed by atoms with van der Waals surface area (Å²) in [6, 6.07) is 44.0. The van der Waals surface area contributed by atoms with E-state index in [-0.39, 0.29) is 0 Å². The molecule has 0 spiro atoms. The molecule has 5 aromatic carbocycles. The van der Waals surface area contributed by atoms with Gasteiger partial charge < -0.3 is 9.80 Å². The van der Waals surface area contributed by atoms with Crippen LogP contribution in [0.1, 0.15) is 43.6 Å². The Morgan fingerprint density at radius 3 is 2.13 bits per heavy atom. The van der Waals surface area contributed by atoms with Crippen molar-refractivity contribution in [1.82, 2.24) is 4.90 Å². The lowest BCUT2D eigenvalue weighted by Crippen LogP contribution is -2.36. The molecule has 3 aliphatic rings. The van der Waals surface area contributed by atoms with E-state index in [0.717, 1.165) is 43.5 Å². The lowest BCUT2D eigenvalue weighted by Gasteiger charge is -2.33. The van der Waals surface area contributed by atoms with Crippen molar-refractivity contribution >= 4 is 39.6 Å². The number of rotatable bonds is 7. The first-order valence-corrected chi connectivity index (χ1v) is 16.6. The molecule has 0 aromatic heterocycles. The molecule has 0 amide bonds. The standard InChI is InChI=1S/C44H38N2/c1-3-17-37(18-4-1)45(43-23-11-15-35-13-7-9-21-41(35)43)39-29-25-33(26-30-39)34-27-31-40(32-28-34)46(38-19-5-2-6-20-38)44-24-12-16-36-14-8-10-22-42(36)44/h1,3-5,7-11,13-23,25-27,29-32,34H,2,6,12,24,28H2. The number of allylic oxidation sites excluding steroid dienone is 6. The minimum atomic E-state index is 0.343. The van der Waals surface area contributed by atoms with Gasteiger partial charge in [-0.1, -0.05) is 121 Å². The molecular weight excluding hydrogens is 556 g/mol. The van der Waals surface area contributed by atoms with E-state index in [1.165, 1.54) is 49.6 Å². The first-order valence-electron chi connectivity index (χ1n) is 16.6. The van der Waals surface area contributed by atoms with Crippen LogP contribution in [0.3, 0.4) is 0 Å². The summed E-state index contributed by atoms with van der Waals surface area (Å²) in [5.74, 6) is 0.343. The lowest BCUT2D eigenvalue weighted by molar-refractivity contribution is 0.587. The largest absolute Gasteiger partial charge is 0.314 e. The highest BCUT2D eigenvalue weighted by Gasteiger charge is 2.23. The molecule has 224 valence electrons. The molecule has 2 nitrogen and oxygen atoms in total. The lowest BCUT2D eigenvalue weighted by atomic mass is 9.90.